The molecular weight excluding hydrogens is 268 g/mol. The van der Waals surface area contributed by atoms with Gasteiger partial charge in [0.05, 0.1) is 0 Å². The molecule has 0 saturated heterocycles. The highest BCUT2D eigenvalue weighted by molar-refractivity contribution is 5.89. The number of nitrogens with one attached hydrogen (secondary N) is 2. The number of esters is 1. The smallest absolute Gasteiger partial charge is 0.319 e. The summed E-state index contributed by atoms with van der Waals surface area (Å²) in [6, 6.07) is 6.82. The zero-order chi connectivity index (χ0) is 15.2. The maximum absolute atomic E-state index is 12.0. The Hall–Kier alpha value is -2.04. The van der Waals surface area contributed by atoms with Crippen LogP contribution in [0.2, 0.25) is 0 Å². The van der Waals surface area contributed by atoms with Crippen LogP contribution in [-0.4, -0.2) is 18.0 Å². The monoisotopic (exact) mass is 290 g/mol. The van der Waals surface area contributed by atoms with Crippen molar-refractivity contribution in [1.29, 1.82) is 0 Å². The zero-order valence-corrected chi connectivity index (χ0v) is 12.5. The molecular formula is C16H22N2O3. The molecule has 2 rings (SSSR count). The SMILES string of the molecule is CC(=O)Oc1cccc(NC(=O)NC2CCCCC2C)c1. The molecule has 0 heterocycles. The van der Waals surface area contributed by atoms with Crippen molar-refractivity contribution >= 4 is 17.7 Å². The predicted octanol–water partition coefficient (Wildman–Crippen LogP) is 3.31. The molecule has 0 aliphatic heterocycles. The van der Waals surface area contributed by atoms with E-state index in [1.54, 1.807) is 24.3 Å². The number of hydrogen-bond acceptors (Lipinski definition) is 3. The molecule has 0 aromatic heterocycles. The maximum atomic E-state index is 12.0. The first kappa shape index (κ1) is 15.4. The molecule has 2 unspecified atom stereocenters. The van der Waals surface area contributed by atoms with Gasteiger partial charge in [0.1, 0.15) is 5.75 Å². The summed E-state index contributed by atoms with van der Waals surface area (Å²) in [5.41, 5.74) is 0.606. The Morgan fingerprint density at radius 1 is 1.24 bits per heavy atom. The van der Waals surface area contributed by atoms with E-state index in [9.17, 15) is 9.59 Å². The van der Waals surface area contributed by atoms with E-state index in [0.717, 1.165) is 19.3 Å². The molecule has 2 atom stereocenters. The third-order valence-corrected chi connectivity index (χ3v) is 3.78. The minimum absolute atomic E-state index is 0.214. The van der Waals surface area contributed by atoms with Gasteiger partial charge in [-0.15, -0.1) is 0 Å². The quantitative estimate of drug-likeness (QED) is 0.663. The van der Waals surface area contributed by atoms with Crippen LogP contribution >= 0.6 is 0 Å². The standard InChI is InChI=1S/C16H22N2O3/c1-11-6-3-4-9-15(11)18-16(20)17-13-7-5-8-14(10-13)21-12(2)19/h5,7-8,10-11,15H,3-4,6,9H2,1-2H3,(H2,17,18,20). The topological polar surface area (TPSA) is 67.4 Å². The molecule has 2 N–H and O–H groups in total. The van der Waals surface area contributed by atoms with Crippen LogP contribution in [-0.2, 0) is 4.79 Å². The van der Waals surface area contributed by atoms with Crippen molar-refractivity contribution in [3.63, 3.8) is 0 Å². The molecule has 5 nitrogen and oxygen atoms in total. The van der Waals surface area contributed by atoms with E-state index < -0.39 is 0 Å². The second-order valence-electron chi connectivity index (χ2n) is 5.59. The van der Waals surface area contributed by atoms with Crippen LogP contribution in [0.3, 0.4) is 0 Å². The normalized spacial score (nSPS) is 21.4. The number of urea groups is 1. The highest BCUT2D eigenvalue weighted by Gasteiger charge is 2.22. The van der Waals surface area contributed by atoms with Gasteiger partial charge in [-0.1, -0.05) is 25.8 Å². The van der Waals surface area contributed by atoms with Gasteiger partial charge in [-0.05, 0) is 30.9 Å². The first-order valence-electron chi connectivity index (χ1n) is 7.40. The Balaban J connectivity index is 1.91. The summed E-state index contributed by atoms with van der Waals surface area (Å²) < 4.78 is 4.99. The lowest BCUT2D eigenvalue weighted by Gasteiger charge is -2.29. The lowest BCUT2D eigenvalue weighted by atomic mass is 9.86. The molecule has 1 aromatic carbocycles. The largest absolute Gasteiger partial charge is 0.427 e. The van der Waals surface area contributed by atoms with Gasteiger partial charge >= 0.3 is 12.0 Å². The lowest BCUT2D eigenvalue weighted by Crippen LogP contribution is -2.43. The molecule has 0 bridgehead atoms. The van der Waals surface area contributed by atoms with E-state index in [1.807, 2.05) is 0 Å². The Morgan fingerprint density at radius 3 is 2.71 bits per heavy atom. The van der Waals surface area contributed by atoms with Crippen LogP contribution in [0.5, 0.6) is 5.75 Å². The minimum Gasteiger partial charge on any atom is -0.427 e. The van der Waals surface area contributed by atoms with Gasteiger partial charge < -0.3 is 15.4 Å². The van der Waals surface area contributed by atoms with Crippen molar-refractivity contribution in [2.24, 2.45) is 5.92 Å². The van der Waals surface area contributed by atoms with Gasteiger partial charge in [0.25, 0.3) is 0 Å². The number of benzene rings is 1. The average molecular weight is 290 g/mol. The van der Waals surface area contributed by atoms with Crippen LogP contribution in [0.1, 0.15) is 39.5 Å². The lowest BCUT2D eigenvalue weighted by molar-refractivity contribution is -0.131. The molecule has 0 radical (unpaired) electrons. The van der Waals surface area contributed by atoms with Gasteiger partial charge in [-0.25, -0.2) is 4.79 Å². The molecule has 114 valence electrons. The Labute approximate surface area is 125 Å². The molecule has 1 saturated carbocycles. The summed E-state index contributed by atoms with van der Waals surface area (Å²) in [4.78, 5) is 23.0. The summed E-state index contributed by atoms with van der Waals surface area (Å²) in [6.45, 7) is 3.52. The molecule has 1 aliphatic carbocycles. The van der Waals surface area contributed by atoms with Crippen molar-refractivity contribution in [2.75, 3.05) is 5.32 Å². The van der Waals surface area contributed by atoms with Crippen LogP contribution in [0, 0.1) is 5.92 Å². The van der Waals surface area contributed by atoms with Gasteiger partial charge in [-0.2, -0.15) is 0 Å². The van der Waals surface area contributed by atoms with Crippen LogP contribution in [0.4, 0.5) is 10.5 Å². The van der Waals surface area contributed by atoms with E-state index in [2.05, 4.69) is 17.6 Å². The Morgan fingerprint density at radius 2 is 2.00 bits per heavy atom. The summed E-state index contributed by atoms with van der Waals surface area (Å²) >= 11 is 0. The molecule has 1 aliphatic rings. The van der Waals surface area contributed by atoms with Gasteiger partial charge in [0.15, 0.2) is 0 Å². The first-order chi connectivity index (χ1) is 10.0. The molecule has 1 aromatic rings. The summed E-state index contributed by atoms with van der Waals surface area (Å²) in [7, 11) is 0. The fraction of sp³-hybridized carbons (Fsp3) is 0.500. The predicted molar refractivity (Wildman–Crippen MR) is 81.3 cm³/mol. The maximum Gasteiger partial charge on any atom is 0.319 e. The highest BCUT2D eigenvalue weighted by Crippen LogP contribution is 2.24. The Kier molecular flexibility index (Phi) is 5.20. The second-order valence-corrected chi connectivity index (χ2v) is 5.59. The molecule has 0 spiro atoms. The summed E-state index contributed by atoms with van der Waals surface area (Å²) in [5.74, 6) is 0.552. The van der Waals surface area contributed by atoms with Crippen molar-refractivity contribution in [3.05, 3.63) is 24.3 Å². The number of rotatable bonds is 3. The summed E-state index contributed by atoms with van der Waals surface area (Å²) in [6.07, 6.45) is 4.59. The van der Waals surface area contributed by atoms with Crippen molar-refractivity contribution in [2.45, 2.75) is 45.6 Å². The number of carbonyl (C=O) groups is 2. The van der Waals surface area contributed by atoms with Crippen LogP contribution in [0.25, 0.3) is 0 Å². The van der Waals surface area contributed by atoms with Crippen LogP contribution in [0.15, 0.2) is 24.3 Å². The number of amides is 2. The highest BCUT2D eigenvalue weighted by atomic mass is 16.5. The molecule has 21 heavy (non-hydrogen) atoms. The van der Waals surface area contributed by atoms with Crippen LogP contribution < -0.4 is 15.4 Å². The third kappa shape index (κ3) is 4.77. The Bertz CT molecular complexity index is 516. The number of carbonyl (C=O) groups excluding carboxylic acids is 2. The fourth-order valence-corrected chi connectivity index (χ4v) is 2.67. The van der Waals surface area contributed by atoms with Crippen molar-refractivity contribution in [1.82, 2.24) is 5.32 Å². The molecule has 5 heteroatoms. The number of hydrogen-bond donors (Lipinski definition) is 2. The second kappa shape index (κ2) is 7.11. The minimum atomic E-state index is -0.382. The van der Waals surface area contributed by atoms with Gasteiger partial charge in [0, 0.05) is 24.7 Å². The van der Waals surface area contributed by atoms with E-state index in [1.165, 1.54) is 13.3 Å². The molecule has 2 amide bonds. The van der Waals surface area contributed by atoms with E-state index >= 15 is 0 Å². The zero-order valence-electron chi connectivity index (χ0n) is 12.5. The van der Waals surface area contributed by atoms with Gasteiger partial charge in [0.2, 0.25) is 0 Å². The average Bonchev–Trinajstić information content (AvgIpc) is 2.41. The van der Waals surface area contributed by atoms with Crippen molar-refractivity contribution < 1.29 is 14.3 Å². The molecule has 1 fully saturated rings. The van der Waals surface area contributed by atoms with E-state index in [-0.39, 0.29) is 18.0 Å². The van der Waals surface area contributed by atoms with Gasteiger partial charge in [-0.3, -0.25) is 4.79 Å². The van der Waals surface area contributed by atoms with E-state index in [4.69, 9.17) is 4.74 Å². The van der Waals surface area contributed by atoms with E-state index in [0.29, 0.717) is 17.4 Å². The first-order valence-corrected chi connectivity index (χ1v) is 7.40. The van der Waals surface area contributed by atoms with Crippen molar-refractivity contribution in [3.8, 4) is 5.75 Å². The third-order valence-electron chi connectivity index (χ3n) is 3.78. The summed E-state index contributed by atoms with van der Waals surface area (Å²) in [5, 5.41) is 5.80. The number of anilines is 1. The number of ether oxygens (including phenoxy) is 1. The fourth-order valence-electron chi connectivity index (χ4n) is 2.67.